The summed E-state index contributed by atoms with van der Waals surface area (Å²) in [6.45, 7) is 1.39. The third-order valence-electron chi connectivity index (χ3n) is 4.84. The highest BCUT2D eigenvalue weighted by molar-refractivity contribution is 5.30. The quantitative estimate of drug-likeness (QED) is 0.902. The van der Waals surface area contributed by atoms with Crippen LogP contribution in [0.5, 0.6) is 5.75 Å². The predicted molar refractivity (Wildman–Crippen MR) is 82.2 cm³/mol. The van der Waals surface area contributed by atoms with E-state index in [-0.39, 0.29) is 5.75 Å². The van der Waals surface area contributed by atoms with Gasteiger partial charge in [0.1, 0.15) is 5.75 Å². The van der Waals surface area contributed by atoms with E-state index in [0.717, 1.165) is 26.2 Å². The van der Waals surface area contributed by atoms with Gasteiger partial charge in [-0.1, -0.05) is 25.0 Å². The molecule has 1 aromatic carbocycles. The lowest BCUT2D eigenvalue weighted by Crippen LogP contribution is -2.46. The summed E-state index contributed by atoms with van der Waals surface area (Å²) in [6, 6.07) is 7.67. The predicted octanol–water partition coefficient (Wildman–Crippen LogP) is 3.42. The van der Waals surface area contributed by atoms with Crippen LogP contribution in [0.15, 0.2) is 24.3 Å². The Morgan fingerprint density at radius 1 is 1.05 bits per heavy atom. The van der Waals surface area contributed by atoms with E-state index in [2.05, 4.69) is 15.0 Å². The topological polar surface area (TPSA) is 24.5 Å². The van der Waals surface area contributed by atoms with Crippen LogP contribution in [0.2, 0.25) is 0 Å². The van der Waals surface area contributed by atoms with Gasteiger partial charge in [0.05, 0.1) is 0 Å². The average molecular weight is 310 g/mol. The molecule has 0 spiro atoms. The lowest BCUT2D eigenvalue weighted by molar-refractivity contribution is -0.0498. The van der Waals surface area contributed by atoms with Crippen molar-refractivity contribution in [1.29, 1.82) is 0 Å². The maximum Gasteiger partial charge on any atom is 0.387 e. The highest BCUT2D eigenvalue weighted by Crippen LogP contribution is 2.40. The number of nitrogens with one attached hydrogen (secondary N) is 1. The number of alkyl halides is 2. The SMILES string of the molecule is FC(F)Oc1ccc([C@H](C2CCCC2)N2CCNCC2)cc1. The highest BCUT2D eigenvalue weighted by Gasteiger charge is 2.31. The lowest BCUT2D eigenvalue weighted by atomic mass is 9.89. The number of nitrogens with zero attached hydrogens (tertiary/aromatic N) is 1. The number of ether oxygens (including phenoxy) is 1. The molecule has 1 atom stereocenters. The van der Waals surface area contributed by atoms with Crippen molar-refractivity contribution >= 4 is 0 Å². The van der Waals surface area contributed by atoms with Gasteiger partial charge in [-0.05, 0) is 36.5 Å². The van der Waals surface area contributed by atoms with Crippen molar-refractivity contribution in [2.45, 2.75) is 38.3 Å². The minimum atomic E-state index is -2.76. The Hall–Kier alpha value is -1.20. The van der Waals surface area contributed by atoms with Crippen LogP contribution in [-0.4, -0.2) is 37.7 Å². The molecule has 5 heteroatoms. The monoisotopic (exact) mass is 310 g/mol. The molecule has 3 nitrogen and oxygen atoms in total. The van der Waals surface area contributed by atoms with Crippen molar-refractivity contribution in [2.24, 2.45) is 5.92 Å². The summed E-state index contributed by atoms with van der Waals surface area (Å²) in [5.41, 5.74) is 1.23. The summed E-state index contributed by atoms with van der Waals surface area (Å²) >= 11 is 0. The Balaban J connectivity index is 1.78. The number of benzene rings is 1. The summed E-state index contributed by atoms with van der Waals surface area (Å²) < 4.78 is 29.0. The van der Waals surface area contributed by atoms with Crippen molar-refractivity contribution in [3.8, 4) is 5.75 Å². The van der Waals surface area contributed by atoms with Crippen molar-refractivity contribution in [2.75, 3.05) is 26.2 Å². The fourth-order valence-electron chi connectivity index (χ4n) is 3.86. The van der Waals surface area contributed by atoms with Gasteiger partial charge in [0.15, 0.2) is 0 Å². The second-order valence-corrected chi connectivity index (χ2v) is 6.22. The Kier molecular flexibility index (Phi) is 5.26. The molecule has 1 N–H and O–H groups in total. The summed E-state index contributed by atoms with van der Waals surface area (Å²) in [6.07, 6.45) is 5.15. The third-order valence-corrected chi connectivity index (χ3v) is 4.84. The van der Waals surface area contributed by atoms with E-state index in [1.807, 2.05) is 12.1 Å². The molecule has 0 bridgehead atoms. The molecule has 1 saturated heterocycles. The minimum Gasteiger partial charge on any atom is -0.435 e. The molecule has 0 unspecified atom stereocenters. The first-order valence-electron chi connectivity index (χ1n) is 8.23. The first-order valence-corrected chi connectivity index (χ1v) is 8.23. The summed E-state index contributed by atoms with van der Waals surface area (Å²) in [5.74, 6) is 0.921. The molecule has 0 aromatic heterocycles. The van der Waals surface area contributed by atoms with Crippen LogP contribution in [0.3, 0.4) is 0 Å². The van der Waals surface area contributed by atoms with Gasteiger partial charge in [-0.25, -0.2) is 0 Å². The zero-order valence-electron chi connectivity index (χ0n) is 12.8. The van der Waals surface area contributed by atoms with Gasteiger partial charge in [0.25, 0.3) is 0 Å². The van der Waals surface area contributed by atoms with Gasteiger partial charge in [0, 0.05) is 32.2 Å². The smallest absolute Gasteiger partial charge is 0.387 e. The molecular formula is C17H24F2N2O. The number of hydrogen-bond donors (Lipinski definition) is 1. The van der Waals surface area contributed by atoms with Crippen LogP contribution < -0.4 is 10.1 Å². The van der Waals surface area contributed by atoms with Gasteiger partial charge < -0.3 is 10.1 Å². The molecule has 1 aliphatic carbocycles. The Bertz CT molecular complexity index is 454. The first kappa shape index (κ1) is 15.7. The van der Waals surface area contributed by atoms with Gasteiger partial charge >= 0.3 is 6.61 Å². The van der Waals surface area contributed by atoms with Crippen LogP contribution in [0.25, 0.3) is 0 Å². The Morgan fingerprint density at radius 2 is 1.68 bits per heavy atom. The average Bonchev–Trinajstić information content (AvgIpc) is 3.04. The second-order valence-electron chi connectivity index (χ2n) is 6.22. The summed E-state index contributed by atoms with van der Waals surface area (Å²) in [7, 11) is 0. The second kappa shape index (κ2) is 7.38. The number of piperazine rings is 1. The normalized spacial score (nSPS) is 22.1. The molecule has 2 aliphatic rings. The molecule has 22 heavy (non-hydrogen) atoms. The largest absolute Gasteiger partial charge is 0.435 e. The van der Waals surface area contributed by atoms with Crippen molar-refractivity contribution < 1.29 is 13.5 Å². The lowest BCUT2D eigenvalue weighted by Gasteiger charge is -2.38. The van der Waals surface area contributed by atoms with Crippen molar-refractivity contribution in [1.82, 2.24) is 10.2 Å². The molecule has 1 aromatic rings. The van der Waals surface area contributed by atoms with E-state index in [1.54, 1.807) is 12.1 Å². The van der Waals surface area contributed by atoms with E-state index in [1.165, 1.54) is 31.2 Å². The van der Waals surface area contributed by atoms with Crippen molar-refractivity contribution in [3.05, 3.63) is 29.8 Å². The van der Waals surface area contributed by atoms with Crippen LogP contribution >= 0.6 is 0 Å². The van der Waals surface area contributed by atoms with Gasteiger partial charge in [-0.2, -0.15) is 8.78 Å². The van der Waals surface area contributed by atoms with E-state index in [4.69, 9.17) is 0 Å². The van der Waals surface area contributed by atoms with Crippen LogP contribution in [0, 0.1) is 5.92 Å². The van der Waals surface area contributed by atoms with E-state index >= 15 is 0 Å². The molecule has 0 amide bonds. The molecule has 1 saturated carbocycles. The zero-order chi connectivity index (χ0) is 15.4. The van der Waals surface area contributed by atoms with E-state index in [9.17, 15) is 8.78 Å². The van der Waals surface area contributed by atoms with Crippen LogP contribution in [0.4, 0.5) is 8.78 Å². The van der Waals surface area contributed by atoms with Crippen LogP contribution in [-0.2, 0) is 0 Å². The standard InChI is InChI=1S/C17H24F2N2O/c18-17(19)22-15-7-5-14(6-8-15)16(13-3-1-2-4-13)21-11-9-20-10-12-21/h5-8,13,16-17,20H,1-4,9-12H2/t16-/m0/s1. The van der Waals surface area contributed by atoms with Crippen molar-refractivity contribution in [3.63, 3.8) is 0 Å². The third kappa shape index (κ3) is 3.76. The molecule has 1 aliphatic heterocycles. The fraction of sp³-hybridized carbons (Fsp3) is 0.647. The van der Waals surface area contributed by atoms with E-state index in [0.29, 0.717) is 12.0 Å². The molecule has 2 fully saturated rings. The van der Waals surface area contributed by atoms with Gasteiger partial charge in [-0.3, -0.25) is 4.90 Å². The molecule has 122 valence electrons. The summed E-state index contributed by atoms with van der Waals surface area (Å²) in [5, 5.41) is 3.40. The maximum atomic E-state index is 12.3. The number of halogens is 2. The maximum absolute atomic E-state index is 12.3. The Labute approximate surface area is 130 Å². The fourth-order valence-corrected chi connectivity index (χ4v) is 3.86. The molecule has 1 heterocycles. The van der Waals surface area contributed by atoms with Gasteiger partial charge in [0.2, 0.25) is 0 Å². The zero-order valence-corrected chi connectivity index (χ0v) is 12.8. The molecule has 3 rings (SSSR count). The molecule has 0 radical (unpaired) electrons. The number of hydrogen-bond acceptors (Lipinski definition) is 3. The molecular weight excluding hydrogens is 286 g/mol. The minimum absolute atomic E-state index is 0.240. The Morgan fingerprint density at radius 3 is 2.27 bits per heavy atom. The van der Waals surface area contributed by atoms with Gasteiger partial charge in [-0.15, -0.1) is 0 Å². The highest BCUT2D eigenvalue weighted by atomic mass is 19.3. The summed E-state index contributed by atoms with van der Waals surface area (Å²) in [4.78, 5) is 2.55. The van der Waals surface area contributed by atoms with E-state index < -0.39 is 6.61 Å². The number of rotatable bonds is 5. The first-order chi connectivity index (χ1) is 10.7. The van der Waals surface area contributed by atoms with Crippen LogP contribution in [0.1, 0.15) is 37.3 Å².